The number of aromatic nitrogens is 4. The molecule has 3 rings (SSSR count). The average molecular weight is 418 g/mol. The lowest BCUT2D eigenvalue weighted by Crippen LogP contribution is -2.24. The first-order valence-corrected chi connectivity index (χ1v) is 10.3. The Labute approximate surface area is 172 Å². The van der Waals surface area contributed by atoms with Crippen LogP contribution >= 0.6 is 23.6 Å². The summed E-state index contributed by atoms with van der Waals surface area (Å²) in [5.41, 5.74) is 1.79. The van der Waals surface area contributed by atoms with Crippen LogP contribution in [0.3, 0.4) is 0 Å². The molecule has 148 valence electrons. The van der Waals surface area contributed by atoms with Crippen molar-refractivity contribution in [3.8, 4) is 17.1 Å². The number of thiazole rings is 1. The lowest BCUT2D eigenvalue weighted by atomic mass is 10.2. The number of hydrogen-bond acceptors (Lipinski definition) is 6. The number of methoxy groups -OCH3 is 1. The smallest absolute Gasteiger partial charge is 0.222 e. The number of rotatable bonds is 8. The number of ether oxygens (including phenoxy) is 1. The molecule has 0 fully saturated rings. The lowest BCUT2D eigenvalue weighted by molar-refractivity contribution is -0.121. The highest BCUT2D eigenvalue weighted by Crippen LogP contribution is 2.21. The van der Waals surface area contributed by atoms with E-state index in [1.54, 1.807) is 18.4 Å². The van der Waals surface area contributed by atoms with Crippen molar-refractivity contribution in [2.24, 2.45) is 0 Å². The van der Waals surface area contributed by atoms with Crippen LogP contribution in [0.4, 0.5) is 0 Å². The molecule has 0 radical (unpaired) electrons. The molecule has 0 aliphatic heterocycles. The van der Waals surface area contributed by atoms with Gasteiger partial charge in [0.2, 0.25) is 5.91 Å². The summed E-state index contributed by atoms with van der Waals surface area (Å²) in [5.74, 6) is 1.81. The van der Waals surface area contributed by atoms with E-state index in [0.29, 0.717) is 36.0 Å². The summed E-state index contributed by atoms with van der Waals surface area (Å²) in [6.07, 6.45) is 0.304. The van der Waals surface area contributed by atoms with Crippen LogP contribution in [0.1, 0.15) is 36.9 Å². The van der Waals surface area contributed by atoms with Gasteiger partial charge in [-0.3, -0.25) is 14.5 Å². The molecule has 0 aliphatic rings. The maximum atomic E-state index is 12.3. The van der Waals surface area contributed by atoms with Crippen LogP contribution in [0.15, 0.2) is 29.6 Å². The van der Waals surface area contributed by atoms with Gasteiger partial charge in [-0.2, -0.15) is 5.10 Å². The number of H-pyrrole nitrogens is 1. The van der Waals surface area contributed by atoms with Gasteiger partial charge in [0.15, 0.2) is 10.6 Å². The van der Waals surface area contributed by atoms with Crippen molar-refractivity contribution in [1.29, 1.82) is 0 Å². The monoisotopic (exact) mass is 417 g/mol. The number of nitrogens with zero attached hydrogens (tertiary/aromatic N) is 3. The molecule has 1 aromatic carbocycles. The number of carbonyl (C=O) groups excluding carboxylic acids is 1. The zero-order chi connectivity index (χ0) is 20.1. The molecule has 0 saturated heterocycles. The minimum absolute atomic E-state index is 0.0529. The number of benzene rings is 1. The molecule has 0 atom stereocenters. The predicted octanol–water partition coefficient (Wildman–Crippen LogP) is 3.90. The van der Waals surface area contributed by atoms with E-state index >= 15 is 0 Å². The summed E-state index contributed by atoms with van der Waals surface area (Å²) in [6.45, 7) is 5.09. The molecular formula is C19H23N5O2S2. The molecule has 0 bridgehead atoms. The van der Waals surface area contributed by atoms with Gasteiger partial charge in [0.1, 0.15) is 5.75 Å². The first-order chi connectivity index (χ1) is 13.5. The Morgan fingerprint density at radius 3 is 2.75 bits per heavy atom. The fourth-order valence-corrected chi connectivity index (χ4v) is 3.70. The van der Waals surface area contributed by atoms with Gasteiger partial charge in [-0.05, 0) is 36.5 Å². The Hall–Kier alpha value is -2.52. The van der Waals surface area contributed by atoms with Crippen molar-refractivity contribution in [1.82, 2.24) is 25.1 Å². The molecule has 0 unspecified atom stereocenters. The van der Waals surface area contributed by atoms with Gasteiger partial charge in [0, 0.05) is 29.8 Å². The largest absolute Gasteiger partial charge is 0.497 e. The average Bonchev–Trinajstić information content (AvgIpc) is 3.32. The molecule has 7 nitrogen and oxygen atoms in total. The van der Waals surface area contributed by atoms with E-state index in [1.165, 1.54) is 0 Å². The van der Waals surface area contributed by atoms with E-state index in [-0.39, 0.29) is 5.91 Å². The minimum atomic E-state index is -0.0529. The number of nitrogens with one attached hydrogen (secondary N) is 2. The van der Waals surface area contributed by atoms with Crippen molar-refractivity contribution in [2.45, 2.75) is 39.3 Å². The van der Waals surface area contributed by atoms with Crippen LogP contribution in [0.25, 0.3) is 11.4 Å². The Morgan fingerprint density at radius 1 is 1.36 bits per heavy atom. The number of carbonyl (C=O) groups is 1. The maximum Gasteiger partial charge on any atom is 0.222 e. The van der Waals surface area contributed by atoms with E-state index in [1.807, 2.05) is 34.2 Å². The quantitative estimate of drug-likeness (QED) is 0.543. The first-order valence-electron chi connectivity index (χ1n) is 8.98. The van der Waals surface area contributed by atoms with Gasteiger partial charge in [-0.1, -0.05) is 13.8 Å². The summed E-state index contributed by atoms with van der Waals surface area (Å²) >= 11 is 6.94. The molecule has 9 heteroatoms. The van der Waals surface area contributed by atoms with Gasteiger partial charge >= 0.3 is 0 Å². The van der Waals surface area contributed by atoms with Crippen LogP contribution in [0.5, 0.6) is 5.75 Å². The third-order valence-corrected chi connectivity index (χ3v) is 5.70. The van der Waals surface area contributed by atoms with Gasteiger partial charge in [0.25, 0.3) is 0 Å². The zero-order valence-corrected chi connectivity index (χ0v) is 17.7. The molecule has 28 heavy (non-hydrogen) atoms. The fraction of sp³-hybridized carbons (Fsp3) is 0.368. The highest BCUT2D eigenvalue weighted by atomic mass is 32.1. The SMILES string of the molecule is COc1ccc(-c2n[nH]c(=S)n2CCC(=O)NCc2csc(C(C)C)n2)cc1. The van der Waals surface area contributed by atoms with Crippen LogP contribution in [-0.2, 0) is 17.9 Å². The van der Waals surface area contributed by atoms with Crippen LogP contribution in [0, 0.1) is 4.77 Å². The minimum Gasteiger partial charge on any atom is -0.497 e. The summed E-state index contributed by atoms with van der Waals surface area (Å²) < 4.78 is 7.50. The van der Waals surface area contributed by atoms with Crippen LogP contribution in [0.2, 0.25) is 0 Å². The summed E-state index contributed by atoms with van der Waals surface area (Å²) in [5, 5.41) is 13.1. The second-order valence-corrected chi connectivity index (χ2v) is 7.87. The molecule has 2 heterocycles. The molecule has 3 aromatic rings. The van der Waals surface area contributed by atoms with Gasteiger partial charge in [0.05, 0.1) is 24.4 Å². The van der Waals surface area contributed by atoms with Crippen molar-refractivity contribution in [3.05, 3.63) is 45.1 Å². The predicted molar refractivity (Wildman–Crippen MR) is 112 cm³/mol. The third kappa shape index (κ3) is 4.85. The van der Waals surface area contributed by atoms with E-state index in [4.69, 9.17) is 17.0 Å². The highest BCUT2D eigenvalue weighted by Gasteiger charge is 2.12. The first kappa shape index (κ1) is 20.2. The summed E-state index contributed by atoms with van der Waals surface area (Å²) in [6, 6.07) is 7.55. The number of hydrogen-bond donors (Lipinski definition) is 2. The molecule has 2 N–H and O–H groups in total. The van der Waals surface area contributed by atoms with E-state index in [2.05, 4.69) is 34.3 Å². The Kier molecular flexibility index (Phi) is 6.58. The van der Waals surface area contributed by atoms with Crippen molar-refractivity contribution in [3.63, 3.8) is 0 Å². The second kappa shape index (κ2) is 9.11. The molecule has 2 aromatic heterocycles. The highest BCUT2D eigenvalue weighted by molar-refractivity contribution is 7.71. The van der Waals surface area contributed by atoms with E-state index in [0.717, 1.165) is 22.0 Å². The topological polar surface area (TPSA) is 84.8 Å². The molecule has 0 aliphatic carbocycles. The van der Waals surface area contributed by atoms with Gasteiger partial charge < -0.3 is 10.1 Å². The Morgan fingerprint density at radius 2 is 2.11 bits per heavy atom. The van der Waals surface area contributed by atoms with E-state index < -0.39 is 0 Å². The lowest BCUT2D eigenvalue weighted by Gasteiger charge is -2.08. The molecular weight excluding hydrogens is 394 g/mol. The third-order valence-electron chi connectivity index (χ3n) is 4.20. The molecule has 1 amide bonds. The van der Waals surface area contributed by atoms with E-state index in [9.17, 15) is 4.79 Å². The second-order valence-electron chi connectivity index (χ2n) is 6.59. The summed E-state index contributed by atoms with van der Waals surface area (Å²) in [4.78, 5) is 16.8. The van der Waals surface area contributed by atoms with Gasteiger partial charge in [-0.25, -0.2) is 4.98 Å². The van der Waals surface area contributed by atoms with Gasteiger partial charge in [-0.15, -0.1) is 11.3 Å². The normalized spacial score (nSPS) is 11.0. The standard InChI is InChI=1S/C19H23N5O2S2/c1-12(2)18-21-14(11-28-18)10-20-16(25)8-9-24-17(22-23-19(24)27)13-4-6-15(26-3)7-5-13/h4-7,11-12H,8-10H2,1-3H3,(H,20,25)(H,23,27). The van der Waals surface area contributed by atoms with Crippen LogP contribution in [-0.4, -0.2) is 32.8 Å². The number of amides is 1. The summed E-state index contributed by atoms with van der Waals surface area (Å²) in [7, 11) is 1.62. The Balaban J connectivity index is 1.60. The van der Waals surface area contributed by atoms with Crippen LogP contribution < -0.4 is 10.1 Å². The molecule has 0 spiro atoms. The maximum absolute atomic E-state index is 12.3. The van der Waals surface area contributed by atoms with Crippen molar-refractivity contribution >= 4 is 29.5 Å². The zero-order valence-electron chi connectivity index (χ0n) is 16.1. The fourth-order valence-electron chi connectivity index (χ4n) is 2.65. The number of aromatic amines is 1. The Bertz CT molecular complexity index is 988. The molecule has 0 saturated carbocycles. The van der Waals surface area contributed by atoms with Crippen molar-refractivity contribution < 1.29 is 9.53 Å². The van der Waals surface area contributed by atoms with Crippen molar-refractivity contribution in [2.75, 3.05) is 7.11 Å².